The monoisotopic (exact) mass is 214 g/mol. The van der Waals surface area contributed by atoms with Crippen LogP contribution in [-0.2, 0) is 0 Å². The summed E-state index contributed by atoms with van der Waals surface area (Å²) in [6.07, 6.45) is 1.59. The van der Waals surface area contributed by atoms with Crippen LogP contribution in [0.2, 0.25) is 5.02 Å². The molecule has 0 aliphatic rings. The Balaban J connectivity index is 2.95. The van der Waals surface area contributed by atoms with Crippen molar-refractivity contribution in [2.24, 2.45) is 10.7 Å². The van der Waals surface area contributed by atoms with Gasteiger partial charge < -0.3 is 5.73 Å². The van der Waals surface area contributed by atoms with Gasteiger partial charge in [0.05, 0.1) is 16.5 Å². The molecular formula is C10H12ClFN2. The Morgan fingerprint density at radius 3 is 2.93 bits per heavy atom. The SMILES string of the molecule is CCCC(N)=Nc1cc(F)ccc1Cl. The van der Waals surface area contributed by atoms with Crippen molar-refractivity contribution in [2.75, 3.05) is 0 Å². The number of halogens is 2. The van der Waals surface area contributed by atoms with Crippen LogP contribution in [-0.4, -0.2) is 5.84 Å². The third-order valence-electron chi connectivity index (χ3n) is 1.68. The highest BCUT2D eigenvalue weighted by atomic mass is 35.5. The molecule has 4 heteroatoms. The lowest BCUT2D eigenvalue weighted by Crippen LogP contribution is -2.09. The van der Waals surface area contributed by atoms with Gasteiger partial charge in [0, 0.05) is 12.5 Å². The van der Waals surface area contributed by atoms with Crippen molar-refractivity contribution in [1.82, 2.24) is 0 Å². The van der Waals surface area contributed by atoms with E-state index in [9.17, 15) is 4.39 Å². The molecule has 0 saturated carbocycles. The number of hydrogen-bond acceptors (Lipinski definition) is 1. The highest BCUT2D eigenvalue weighted by Gasteiger charge is 2.01. The smallest absolute Gasteiger partial charge is 0.125 e. The normalized spacial score (nSPS) is 11.8. The largest absolute Gasteiger partial charge is 0.387 e. The van der Waals surface area contributed by atoms with Gasteiger partial charge in [-0.3, -0.25) is 0 Å². The second-order valence-corrected chi connectivity index (χ2v) is 3.36. The van der Waals surface area contributed by atoms with Crippen molar-refractivity contribution in [1.29, 1.82) is 0 Å². The third kappa shape index (κ3) is 3.00. The molecule has 0 saturated heterocycles. The average molecular weight is 215 g/mol. The van der Waals surface area contributed by atoms with Gasteiger partial charge in [-0.2, -0.15) is 0 Å². The summed E-state index contributed by atoms with van der Waals surface area (Å²) in [6.45, 7) is 2.00. The molecule has 14 heavy (non-hydrogen) atoms. The molecule has 76 valence electrons. The lowest BCUT2D eigenvalue weighted by Gasteiger charge is -2.00. The van der Waals surface area contributed by atoms with E-state index in [0.29, 0.717) is 23.0 Å². The summed E-state index contributed by atoms with van der Waals surface area (Å²) in [7, 11) is 0. The summed E-state index contributed by atoms with van der Waals surface area (Å²) < 4.78 is 12.8. The van der Waals surface area contributed by atoms with Gasteiger partial charge in [0.15, 0.2) is 0 Å². The maximum absolute atomic E-state index is 12.8. The van der Waals surface area contributed by atoms with Gasteiger partial charge >= 0.3 is 0 Å². The first-order valence-corrected chi connectivity index (χ1v) is 4.79. The molecule has 2 nitrogen and oxygen atoms in total. The first-order chi connectivity index (χ1) is 6.63. The first kappa shape index (κ1) is 11.0. The van der Waals surface area contributed by atoms with Crippen molar-refractivity contribution in [3.05, 3.63) is 29.0 Å². The molecular weight excluding hydrogens is 203 g/mol. The minimum atomic E-state index is -0.363. The van der Waals surface area contributed by atoms with Gasteiger partial charge in [-0.05, 0) is 18.6 Å². The van der Waals surface area contributed by atoms with Gasteiger partial charge in [-0.1, -0.05) is 18.5 Å². The Morgan fingerprint density at radius 1 is 1.57 bits per heavy atom. The summed E-state index contributed by atoms with van der Waals surface area (Å²) in [5.41, 5.74) is 5.99. The molecule has 0 fully saturated rings. The second-order valence-electron chi connectivity index (χ2n) is 2.95. The zero-order valence-electron chi connectivity index (χ0n) is 7.93. The maximum atomic E-state index is 12.8. The Morgan fingerprint density at radius 2 is 2.29 bits per heavy atom. The molecule has 0 aliphatic carbocycles. The molecule has 1 aromatic rings. The maximum Gasteiger partial charge on any atom is 0.125 e. The van der Waals surface area contributed by atoms with E-state index in [4.69, 9.17) is 17.3 Å². The predicted octanol–water partition coefficient (Wildman–Crippen LogP) is 3.27. The molecule has 1 aromatic carbocycles. The van der Waals surface area contributed by atoms with Gasteiger partial charge in [-0.25, -0.2) is 9.38 Å². The highest BCUT2D eigenvalue weighted by molar-refractivity contribution is 6.33. The van der Waals surface area contributed by atoms with Crippen molar-refractivity contribution in [3.63, 3.8) is 0 Å². The molecule has 0 aliphatic heterocycles. The number of rotatable bonds is 3. The number of benzene rings is 1. The lowest BCUT2D eigenvalue weighted by atomic mass is 10.3. The molecule has 0 atom stereocenters. The van der Waals surface area contributed by atoms with E-state index in [-0.39, 0.29) is 5.82 Å². The molecule has 1 rings (SSSR count). The predicted molar refractivity (Wildman–Crippen MR) is 57.6 cm³/mol. The van der Waals surface area contributed by atoms with Gasteiger partial charge in [0.1, 0.15) is 5.82 Å². The molecule has 2 N–H and O–H groups in total. The fourth-order valence-electron chi connectivity index (χ4n) is 1.04. The Hall–Kier alpha value is -1.09. The molecule has 0 amide bonds. The Bertz CT molecular complexity index is 350. The van der Waals surface area contributed by atoms with Crippen molar-refractivity contribution >= 4 is 23.1 Å². The number of aliphatic imine (C=N–C) groups is 1. The summed E-state index contributed by atoms with van der Waals surface area (Å²) >= 11 is 5.81. The first-order valence-electron chi connectivity index (χ1n) is 4.41. The summed E-state index contributed by atoms with van der Waals surface area (Å²) in [5.74, 6) is 0.109. The zero-order valence-corrected chi connectivity index (χ0v) is 8.68. The lowest BCUT2D eigenvalue weighted by molar-refractivity contribution is 0.628. The fourth-order valence-corrected chi connectivity index (χ4v) is 1.20. The molecule has 0 unspecified atom stereocenters. The van der Waals surface area contributed by atoms with Crippen LogP contribution >= 0.6 is 11.6 Å². The molecule has 0 bridgehead atoms. The number of nitrogens with zero attached hydrogens (tertiary/aromatic N) is 1. The minimum Gasteiger partial charge on any atom is -0.387 e. The van der Waals surface area contributed by atoms with Gasteiger partial charge in [0.25, 0.3) is 0 Å². The topological polar surface area (TPSA) is 38.4 Å². The number of amidine groups is 1. The number of hydrogen-bond donors (Lipinski definition) is 1. The van der Waals surface area contributed by atoms with Crippen LogP contribution in [0.15, 0.2) is 23.2 Å². The number of nitrogens with two attached hydrogens (primary N) is 1. The quantitative estimate of drug-likeness (QED) is 0.609. The molecule has 0 aromatic heterocycles. The second kappa shape index (κ2) is 4.96. The van der Waals surface area contributed by atoms with Crippen LogP contribution in [0.1, 0.15) is 19.8 Å². The van der Waals surface area contributed by atoms with Crippen LogP contribution in [0.5, 0.6) is 0 Å². The van der Waals surface area contributed by atoms with Gasteiger partial charge in [0.2, 0.25) is 0 Å². The molecule has 0 radical (unpaired) electrons. The van der Waals surface area contributed by atoms with Gasteiger partial charge in [-0.15, -0.1) is 0 Å². The van der Waals surface area contributed by atoms with Crippen LogP contribution in [0.25, 0.3) is 0 Å². The molecule has 0 heterocycles. The van der Waals surface area contributed by atoms with Crippen LogP contribution in [0.4, 0.5) is 10.1 Å². The fraction of sp³-hybridized carbons (Fsp3) is 0.300. The Labute approximate surface area is 87.6 Å². The summed E-state index contributed by atoms with van der Waals surface area (Å²) in [4.78, 5) is 4.03. The van der Waals surface area contributed by atoms with Crippen molar-refractivity contribution < 1.29 is 4.39 Å². The van der Waals surface area contributed by atoms with Crippen molar-refractivity contribution in [2.45, 2.75) is 19.8 Å². The third-order valence-corrected chi connectivity index (χ3v) is 2.00. The van der Waals surface area contributed by atoms with Crippen LogP contribution < -0.4 is 5.73 Å². The van der Waals surface area contributed by atoms with Crippen molar-refractivity contribution in [3.8, 4) is 0 Å². The van der Waals surface area contributed by atoms with Crippen LogP contribution in [0, 0.1) is 5.82 Å². The summed E-state index contributed by atoms with van der Waals surface area (Å²) in [5, 5.41) is 0.408. The van der Waals surface area contributed by atoms with E-state index in [1.54, 1.807) is 0 Å². The van der Waals surface area contributed by atoms with E-state index >= 15 is 0 Å². The van der Waals surface area contributed by atoms with E-state index in [1.165, 1.54) is 18.2 Å². The standard InChI is InChI=1S/C10H12ClFN2/c1-2-3-10(13)14-9-6-7(12)4-5-8(9)11/h4-6H,2-3H2,1H3,(H2,13,14). The van der Waals surface area contributed by atoms with Crippen LogP contribution in [0.3, 0.4) is 0 Å². The van der Waals surface area contributed by atoms with E-state index < -0.39 is 0 Å². The van der Waals surface area contributed by atoms with E-state index in [1.807, 2.05) is 6.92 Å². The van der Waals surface area contributed by atoms with E-state index in [2.05, 4.69) is 4.99 Å². The average Bonchev–Trinajstić information content (AvgIpc) is 2.12. The zero-order chi connectivity index (χ0) is 10.6. The highest BCUT2D eigenvalue weighted by Crippen LogP contribution is 2.25. The van der Waals surface area contributed by atoms with E-state index in [0.717, 1.165) is 6.42 Å². The minimum absolute atomic E-state index is 0.363. The Kier molecular flexibility index (Phi) is 3.89. The molecule has 0 spiro atoms. The summed E-state index contributed by atoms with van der Waals surface area (Å²) in [6, 6.07) is 4.02.